The van der Waals surface area contributed by atoms with Gasteiger partial charge in [0.15, 0.2) is 0 Å². The van der Waals surface area contributed by atoms with Crippen molar-refractivity contribution in [2.75, 3.05) is 25.2 Å². The zero-order valence-electron chi connectivity index (χ0n) is 9.81. The van der Waals surface area contributed by atoms with E-state index in [4.69, 9.17) is 9.84 Å². The van der Waals surface area contributed by atoms with Gasteiger partial charge < -0.3 is 15.2 Å². The van der Waals surface area contributed by atoms with Gasteiger partial charge in [0.2, 0.25) is 5.91 Å². The number of benzene rings is 1. The molecule has 0 aliphatic rings. The molecule has 0 radical (unpaired) electrons. The van der Waals surface area contributed by atoms with E-state index in [0.717, 1.165) is 11.3 Å². The van der Waals surface area contributed by atoms with Crippen molar-refractivity contribution in [3.8, 4) is 5.75 Å². The Balaban J connectivity index is 2.27. The summed E-state index contributed by atoms with van der Waals surface area (Å²) < 4.78 is 5.05. The second kappa shape index (κ2) is 7.97. The average molecular weight is 255 g/mol. The summed E-state index contributed by atoms with van der Waals surface area (Å²) in [7, 11) is 1.62. The van der Waals surface area contributed by atoms with Crippen molar-refractivity contribution >= 4 is 17.7 Å². The Morgan fingerprint density at radius 3 is 2.71 bits per heavy atom. The third kappa shape index (κ3) is 5.60. The van der Waals surface area contributed by atoms with Gasteiger partial charge in [-0.1, -0.05) is 12.1 Å². The molecule has 0 saturated carbocycles. The van der Waals surface area contributed by atoms with Gasteiger partial charge in [-0.15, -0.1) is 11.8 Å². The molecule has 0 fully saturated rings. The van der Waals surface area contributed by atoms with Gasteiger partial charge in [0, 0.05) is 12.3 Å². The molecule has 1 rings (SSSR count). The lowest BCUT2D eigenvalue weighted by molar-refractivity contribution is -0.118. The summed E-state index contributed by atoms with van der Waals surface area (Å²) in [6.07, 6.45) is 0. The number of hydrogen-bond acceptors (Lipinski definition) is 4. The van der Waals surface area contributed by atoms with E-state index in [1.807, 2.05) is 24.3 Å². The zero-order valence-corrected chi connectivity index (χ0v) is 10.6. The van der Waals surface area contributed by atoms with Crippen LogP contribution in [0.2, 0.25) is 0 Å². The van der Waals surface area contributed by atoms with E-state index in [1.54, 1.807) is 7.11 Å². The Hall–Kier alpha value is -1.20. The van der Waals surface area contributed by atoms with E-state index >= 15 is 0 Å². The molecule has 0 saturated heterocycles. The van der Waals surface area contributed by atoms with Crippen molar-refractivity contribution in [3.05, 3.63) is 29.8 Å². The number of carbonyl (C=O) groups is 1. The topological polar surface area (TPSA) is 58.6 Å². The lowest BCUT2D eigenvalue weighted by atomic mass is 10.2. The van der Waals surface area contributed by atoms with Crippen molar-refractivity contribution in [1.29, 1.82) is 0 Å². The molecule has 4 nitrogen and oxygen atoms in total. The predicted molar refractivity (Wildman–Crippen MR) is 69.3 cm³/mol. The molecule has 0 bridgehead atoms. The number of thioether (sulfide) groups is 1. The average Bonchev–Trinajstić information content (AvgIpc) is 2.37. The van der Waals surface area contributed by atoms with E-state index in [1.165, 1.54) is 11.8 Å². The number of amides is 1. The lowest BCUT2D eigenvalue weighted by Crippen LogP contribution is -2.24. The van der Waals surface area contributed by atoms with E-state index in [2.05, 4.69) is 5.32 Å². The molecule has 94 valence electrons. The standard InChI is InChI=1S/C12H17NO3S/c1-16-11-4-2-10(3-5-11)8-13-12(15)9-17-7-6-14/h2-5,14H,6-9H2,1H3,(H,13,15). The van der Waals surface area contributed by atoms with Crippen LogP contribution in [-0.2, 0) is 11.3 Å². The normalized spacial score (nSPS) is 10.0. The molecule has 17 heavy (non-hydrogen) atoms. The van der Waals surface area contributed by atoms with Crippen molar-refractivity contribution in [2.45, 2.75) is 6.54 Å². The minimum absolute atomic E-state index is 0.0146. The highest BCUT2D eigenvalue weighted by atomic mass is 32.2. The summed E-state index contributed by atoms with van der Waals surface area (Å²) in [6.45, 7) is 0.624. The first kappa shape index (κ1) is 13.9. The first-order valence-corrected chi connectivity index (χ1v) is 6.50. The van der Waals surface area contributed by atoms with Gasteiger partial charge in [-0.3, -0.25) is 4.79 Å². The van der Waals surface area contributed by atoms with Gasteiger partial charge in [-0.25, -0.2) is 0 Å². The second-order valence-electron chi connectivity index (χ2n) is 3.40. The highest BCUT2D eigenvalue weighted by Gasteiger charge is 2.01. The van der Waals surface area contributed by atoms with Crippen LogP contribution in [0.15, 0.2) is 24.3 Å². The van der Waals surface area contributed by atoms with Crippen LogP contribution >= 0.6 is 11.8 Å². The largest absolute Gasteiger partial charge is 0.497 e. The van der Waals surface area contributed by atoms with Gasteiger partial charge in [0.05, 0.1) is 19.5 Å². The van der Waals surface area contributed by atoms with Gasteiger partial charge in [0.25, 0.3) is 0 Å². The molecule has 2 N–H and O–H groups in total. The number of nitrogens with one attached hydrogen (secondary N) is 1. The van der Waals surface area contributed by atoms with Gasteiger partial charge in [-0.2, -0.15) is 0 Å². The molecular formula is C12H17NO3S. The molecule has 5 heteroatoms. The maximum absolute atomic E-state index is 11.4. The summed E-state index contributed by atoms with van der Waals surface area (Å²) in [6, 6.07) is 7.56. The molecule has 0 heterocycles. The second-order valence-corrected chi connectivity index (χ2v) is 4.51. The van der Waals surface area contributed by atoms with Crippen molar-refractivity contribution in [2.24, 2.45) is 0 Å². The fourth-order valence-electron chi connectivity index (χ4n) is 1.22. The molecule has 0 aromatic heterocycles. The summed E-state index contributed by atoms with van der Waals surface area (Å²) in [4.78, 5) is 11.4. The Labute approximate surface area is 105 Å². The first-order chi connectivity index (χ1) is 8.26. The first-order valence-electron chi connectivity index (χ1n) is 5.34. The quantitative estimate of drug-likeness (QED) is 0.715. The van der Waals surface area contributed by atoms with E-state index in [-0.39, 0.29) is 12.5 Å². The number of carbonyl (C=O) groups excluding carboxylic acids is 1. The Bertz CT molecular complexity index is 340. The molecule has 1 amide bonds. The summed E-state index contributed by atoms with van der Waals surface area (Å²) >= 11 is 1.42. The number of rotatable bonds is 7. The third-order valence-corrected chi connectivity index (χ3v) is 3.06. The van der Waals surface area contributed by atoms with Crippen molar-refractivity contribution in [1.82, 2.24) is 5.32 Å². The Morgan fingerprint density at radius 1 is 1.41 bits per heavy atom. The van der Waals surface area contributed by atoms with Crippen LogP contribution in [0.4, 0.5) is 0 Å². The summed E-state index contributed by atoms with van der Waals surface area (Å²) in [5.74, 6) is 1.77. The molecule has 1 aromatic carbocycles. The Kier molecular flexibility index (Phi) is 6.50. The summed E-state index contributed by atoms with van der Waals surface area (Å²) in [5.41, 5.74) is 1.03. The van der Waals surface area contributed by atoms with Crippen LogP contribution in [-0.4, -0.2) is 36.2 Å². The SMILES string of the molecule is COc1ccc(CNC(=O)CSCCO)cc1. The molecular weight excluding hydrogens is 238 g/mol. The van der Waals surface area contributed by atoms with E-state index < -0.39 is 0 Å². The van der Waals surface area contributed by atoms with Crippen molar-refractivity contribution in [3.63, 3.8) is 0 Å². The maximum atomic E-state index is 11.4. The lowest BCUT2D eigenvalue weighted by Gasteiger charge is -2.06. The highest BCUT2D eigenvalue weighted by Crippen LogP contribution is 2.10. The minimum atomic E-state index is -0.0146. The fraction of sp³-hybridized carbons (Fsp3) is 0.417. The molecule has 0 aliphatic carbocycles. The van der Waals surface area contributed by atoms with Gasteiger partial charge in [-0.05, 0) is 17.7 Å². The molecule has 1 aromatic rings. The zero-order chi connectivity index (χ0) is 12.5. The predicted octanol–water partition coefficient (Wildman–Crippen LogP) is 1.04. The number of aliphatic hydroxyl groups is 1. The minimum Gasteiger partial charge on any atom is -0.497 e. The maximum Gasteiger partial charge on any atom is 0.230 e. The molecule has 0 aliphatic heterocycles. The van der Waals surface area contributed by atoms with Crippen molar-refractivity contribution < 1.29 is 14.6 Å². The smallest absolute Gasteiger partial charge is 0.230 e. The monoisotopic (exact) mass is 255 g/mol. The Morgan fingerprint density at radius 2 is 2.12 bits per heavy atom. The molecule has 0 atom stereocenters. The molecule has 0 spiro atoms. The fourth-order valence-corrected chi connectivity index (χ4v) is 1.79. The van der Waals surface area contributed by atoms with Crippen LogP contribution in [0.25, 0.3) is 0 Å². The number of ether oxygens (including phenoxy) is 1. The van der Waals surface area contributed by atoms with Gasteiger partial charge in [0.1, 0.15) is 5.75 Å². The highest BCUT2D eigenvalue weighted by molar-refractivity contribution is 7.99. The summed E-state index contributed by atoms with van der Waals surface area (Å²) in [5, 5.41) is 11.4. The van der Waals surface area contributed by atoms with E-state index in [0.29, 0.717) is 18.1 Å². The third-order valence-electron chi connectivity index (χ3n) is 2.12. The number of aliphatic hydroxyl groups excluding tert-OH is 1. The molecule has 0 unspecified atom stereocenters. The van der Waals surface area contributed by atoms with Crippen LogP contribution in [0, 0.1) is 0 Å². The number of methoxy groups -OCH3 is 1. The van der Waals surface area contributed by atoms with Crippen LogP contribution in [0.5, 0.6) is 5.75 Å². The van der Waals surface area contributed by atoms with Crippen LogP contribution in [0.3, 0.4) is 0 Å². The van der Waals surface area contributed by atoms with Crippen LogP contribution in [0.1, 0.15) is 5.56 Å². The van der Waals surface area contributed by atoms with E-state index in [9.17, 15) is 4.79 Å². The van der Waals surface area contributed by atoms with Gasteiger partial charge >= 0.3 is 0 Å². The number of hydrogen-bond donors (Lipinski definition) is 2. The van der Waals surface area contributed by atoms with Crippen LogP contribution < -0.4 is 10.1 Å².